The van der Waals surface area contributed by atoms with Gasteiger partial charge < -0.3 is 4.74 Å². The Hall–Kier alpha value is -0.990. The molecule has 0 fully saturated rings. The lowest BCUT2D eigenvalue weighted by Crippen LogP contribution is -1.89. The molecule has 4 heteroatoms. The quantitative estimate of drug-likeness (QED) is 0.757. The van der Waals surface area contributed by atoms with Crippen molar-refractivity contribution in [1.82, 2.24) is 4.98 Å². The van der Waals surface area contributed by atoms with Gasteiger partial charge in [0.25, 0.3) is 0 Å². The number of nitrogens with zero attached hydrogens (tertiary/aromatic N) is 1. The van der Waals surface area contributed by atoms with E-state index < -0.39 is 0 Å². The Morgan fingerprint density at radius 2 is 2.00 bits per heavy atom. The summed E-state index contributed by atoms with van der Waals surface area (Å²) < 4.78 is 5.12. The van der Waals surface area contributed by atoms with Gasteiger partial charge in [0.2, 0.25) is 0 Å². The fourth-order valence-corrected chi connectivity index (χ4v) is 2.07. The summed E-state index contributed by atoms with van der Waals surface area (Å²) in [5, 5.41) is 2.00. The molecular formula is C11H9Cl2NO. The Balaban J connectivity index is 2.86. The largest absolute Gasteiger partial charge is 0.495 e. The van der Waals surface area contributed by atoms with E-state index >= 15 is 0 Å². The summed E-state index contributed by atoms with van der Waals surface area (Å²) in [7, 11) is 1.57. The number of benzene rings is 1. The maximum atomic E-state index is 6.14. The molecule has 0 unspecified atom stereocenters. The van der Waals surface area contributed by atoms with E-state index in [-0.39, 0.29) is 0 Å². The molecule has 0 radical (unpaired) electrons. The van der Waals surface area contributed by atoms with Gasteiger partial charge in [-0.2, -0.15) is 0 Å². The highest BCUT2D eigenvalue weighted by Gasteiger charge is 2.10. The number of aryl methyl sites for hydroxylation is 1. The third-order valence-electron chi connectivity index (χ3n) is 2.18. The predicted molar refractivity (Wildman–Crippen MR) is 63.1 cm³/mol. The molecule has 0 N–H and O–H groups in total. The number of rotatable bonds is 1. The van der Waals surface area contributed by atoms with Crippen LogP contribution in [0.15, 0.2) is 18.2 Å². The minimum atomic E-state index is 0.501. The smallest absolute Gasteiger partial charge is 0.139 e. The van der Waals surface area contributed by atoms with Crippen molar-refractivity contribution < 1.29 is 4.74 Å². The van der Waals surface area contributed by atoms with Crippen molar-refractivity contribution in [2.45, 2.75) is 6.92 Å². The lowest BCUT2D eigenvalue weighted by atomic mass is 10.2. The number of methoxy groups -OCH3 is 1. The zero-order valence-electron chi connectivity index (χ0n) is 8.34. The second kappa shape index (κ2) is 3.87. The van der Waals surface area contributed by atoms with Crippen molar-refractivity contribution in [3.63, 3.8) is 0 Å². The SMILES string of the molecule is COc1ccc2c(Cl)cc(C)nc2c1Cl. The highest BCUT2D eigenvalue weighted by atomic mass is 35.5. The minimum Gasteiger partial charge on any atom is -0.495 e. The minimum absolute atomic E-state index is 0.501. The number of hydrogen-bond acceptors (Lipinski definition) is 2. The average Bonchev–Trinajstić information content (AvgIpc) is 2.19. The number of halogens is 2. The molecule has 15 heavy (non-hydrogen) atoms. The van der Waals surface area contributed by atoms with E-state index in [0.29, 0.717) is 21.3 Å². The van der Waals surface area contributed by atoms with Crippen LogP contribution in [0, 0.1) is 6.92 Å². The number of pyridine rings is 1. The molecule has 0 saturated heterocycles. The second-order valence-electron chi connectivity index (χ2n) is 3.22. The van der Waals surface area contributed by atoms with Crippen LogP contribution in [0.3, 0.4) is 0 Å². The third-order valence-corrected chi connectivity index (χ3v) is 2.86. The highest BCUT2D eigenvalue weighted by Crippen LogP contribution is 2.34. The van der Waals surface area contributed by atoms with Crippen molar-refractivity contribution >= 4 is 34.1 Å². The lowest BCUT2D eigenvalue weighted by Gasteiger charge is -2.07. The van der Waals surface area contributed by atoms with Crippen LogP contribution >= 0.6 is 23.2 Å². The number of ether oxygens (including phenoxy) is 1. The molecule has 2 rings (SSSR count). The van der Waals surface area contributed by atoms with Crippen molar-refractivity contribution in [3.8, 4) is 5.75 Å². The highest BCUT2D eigenvalue weighted by molar-refractivity contribution is 6.40. The van der Waals surface area contributed by atoms with Gasteiger partial charge in [-0.05, 0) is 25.1 Å². The Bertz CT molecular complexity index is 525. The molecule has 0 atom stereocenters. The molecule has 0 aliphatic carbocycles. The average molecular weight is 242 g/mol. The van der Waals surface area contributed by atoms with Gasteiger partial charge in [0.15, 0.2) is 0 Å². The van der Waals surface area contributed by atoms with Gasteiger partial charge >= 0.3 is 0 Å². The van der Waals surface area contributed by atoms with Crippen molar-refractivity contribution in [3.05, 3.63) is 33.9 Å². The Kier molecular flexibility index (Phi) is 2.72. The molecule has 0 amide bonds. The molecule has 0 bridgehead atoms. The maximum Gasteiger partial charge on any atom is 0.139 e. The molecule has 78 valence electrons. The zero-order valence-corrected chi connectivity index (χ0v) is 9.86. The van der Waals surface area contributed by atoms with Crippen LogP contribution in [0.1, 0.15) is 5.69 Å². The van der Waals surface area contributed by atoms with Gasteiger partial charge in [-0.3, -0.25) is 4.98 Å². The first kappa shape index (κ1) is 10.5. The summed E-state index contributed by atoms with van der Waals surface area (Å²) in [6.45, 7) is 1.88. The molecule has 1 heterocycles. The van der Waals surface area contributed by atoms with Gasteiger partial charge in [0, 0.05) is 11.1 Å². The van der Waals surface area contributed by atoms with E-state index in [0.717, 1.165) is 11.1 Å². The van der Waals surface area contributed by atoms with Crippen LogP contribution in [0.4, 0.5) is 0 Å². The Morgan fingerprint density at radius 3 is 2.67 bits per heavy atom. The van der Waals surface area contributed by atoms with E-state index in [4.69, 9.17) is 27.9 Å². The van der Waals surface area contributed by atoms with Gasteiger partial charge in [0.05, 0.1) is 17.6 Å². The van der Waals surface area contributed by atoms with E-state index in [1.54, 1.807) is 13.2 Å². The van der Waals surface area contributed by atoms with Crippen molar-refractivity contribution in [1.29, 1.82) is 0 Å². The van der Waals surface area contributed by atoms with Gasteiger partial charge in [0.1, 0.15) is 10.8 Å². The molecule has 2 nitrogen and oxygen atoms in total. The Morgan fingerprint density at radius 1 is 1.27 bits per heavy atom. The molecule has 0 saturated carbocycles. The van der Waals surface area contributed by atoms with E-state index in [1.165, 1.54) is 0 Å². The summed E-state index contributed by atoms with van der Waals surface area (Å²) in [5.41, 5.74) is 1.52. The van der Waals surface area contributed by atoms with Crippen LogP contribution in [-0.4, -0.2) is 12.1 Å². The standard InChI is InChI=1S/C11H9Cl2NO/c1-6-5-8(12)7-3-4-9(15-2)10(13)11(7)14-6/h3-5H,1-2H3. The fourth-order valence-electron chi connectivity index (χ4n) is 1.48. The first-order chi connectivity index (χ1) is 7.13. The second-order valence-corrected chi connectivity index (χ2v) is 4.01. The lowest BCUT2D eigenvalue weighted by molar-refractivity contribution is 0.415. The number of aromatic nitrogens is 1. The summed E-state index contributed by atoms with van der Waals surface area (Å²) in [4.78, 5) is 4.35. The van der Waals surface area contributed by atoms with Crippen LogP contribution in [0.2, 0.25) is 10.0 Å². The van der Waals surface area contributed by atoms with Gasteiger partial charge in [-0.1, -0.05) is 23.2 Å². The first-order valence-corrected chi connectivity index (χ1v) is 5.18. The molecule has 0 aliphatic rings. The zero-order chi connectivity index (χ0) is 11.0. The first-order valence-electron chi connectivity index (χ1n) is 4.43. The molecule has 1 aromatic carbocycles. The molecule has 1 aromatic heterocycles. The topological polar surface area (TPSA) is 22.1 Å². The normalized spacial score (nSPS) is 10.7. The van der Waals surface area contributed by atoms with E-state index in [2.05, 4.69) is 4.98 Å². The third kappa shape index (κ3) is 1.75. The van der Waals surface area contributed by atoms with Crippen molar-refractivity contribution in [2.24, 2.45) is 0 Å². The summed E-state index contributed by atoms with van der Waals surface area (Å²) in [6.07, 6.45) is 0. The van der Waals surface area contributed by atoms with Gasteiger partial charge in [-0.15, -0.1) is 0 Å². The van der Waals surface area contributed by atoms with Crippen molar-refractivity contribution in [2.75, 3.05) is 7.11 Å². The van der Waals surface area contributed by atoms with E-state index in [1.807, 2.05) is 19.1 Å². The molecule has 0 spiro atoms. The van der Waals surface area contributed by atoms with Crippen LogP contribution < -0.4 is 4.74 Å². The Labute approximate surface area is 97.8 Å². The summed E-state index contributed by atoms with van der Waals surface area (Å²) in [5.74, 6) is 0.610. The summed E-state index contributed by atoms with van der Waals surface area (Å²) >= 11 is 12.2. The number of hydrogen-bond donors (Lipinski definition) is 0. The van der Waals surface area contributed by atoms with Crippen LogP contribution in [0.5, 0.6) is 5.75 Å². The van der Waals surface area contributed by atoms with E-state index in [9.17, 15) is 0 Å². The predicted octanol–water partition coefficient (Wildman–Crippen LogP) is 3.86. The van der Waals surface area contributed by atoms with Crippen LogP contribution in [0.25, 0.3) is 10.9 Å². The van der Waals surface area contributed by atoms with Crippen LogP contribution in [-0.2, 0) is 0 Å². The summed E-state index contributed by atoms with van der Waals surface area (Å²) in [6, 6.07) is 5.45. The monoisotopic (exact) mass is 241 g/mol. The molecule has 0 aliphatic heterocycles. The molecular weight excluding hydrogens is 233 g/mol. The number of fused-ring (bicyclic) bond motifs is 1. The fraction of sp³-hybridized carbons (Fsp3) is 0.182. The van der Waals surface area contributed by atoms with Gasteiger partial charge in [-0.25, -0.2) is 0 Å². The molecule has 2 aromatic rings. The maximum absolute atomic E-state index is 6.14.